The monoisotopic (exact) mass is 571 g/mol. The summed E-state index contributed by atoms with van der Waals surface area (Å²) < 4.78 is 13.5. The number of fused-ring (bicyclic) bond motifs is 4. The Labute approximate surface area is 246 Å². The molecule has 230 valence electrons. The van der Waals surface area contributed by atoms with Crippen LogP contribution in [0.1, 0.15) is 99.3 Å². The third kappa shape index (κ3) is 3.50. The average molecular weight is 572 g/mol. The van der Waals surface area contributed by atoms with Crippen LogP contribution in [0.5, 0.6) is 0 Å². The van der Waals surface area contributed by atoms with Crippen molar-refractivity contribution in [2.45, 2.75) is 135 Å². The maximum atomic E-state index is 13.6. The second-order valence-corrected chi connectivity index (χ2v) is 16.3. The maximum Gasteiger partial charge on any atom is 0.410 e. The molecule has 7 rings (SSSR count). The van der Waals surface area contributed by atoms with Crippen LogP contribution in [0.3, 0.4) is 0 Å². The lowest BCUT2D eigenvalue weighted by Crippen LogP contribution is -2.59. The molecule has 2 saturated heterocycles. The molecule has 7 heteroatoms. The Morgan fingerprint density at radius 3 is 2.51 bits per heavy atom. The highest BCUT2D eigenvalue weighted by molar-refractivity contribution is 5.69. The molecule has 2 spiro atoms. The minimum atomic E-state index is -1.28. The Morgan fingerprint density at radius 2 is 1.88 bits per heavy atom. The molecule has 7 nitrogen and oxygen atoms in total. The fourth-order valence-electron chi connectivity index (χ4n) is 12.4. The first-order valence-corrected chi connectivity index (χ1v) is 16.6. The van der Waals surface area contributed by atoms with E-state index in [9.17, 15) is 20.1 Å². The first kappa shape index (κ1) is 28.6. The van der Waals surface area contributed by atoms with Crippen LogP contribution in [0.2, 0.25) is 0 Å². The molecule has 0 aromatic rings. The van der Waals surface area contributed by atoms with E-state index in [0.29, 0.717) is 18.3 Å². The van der Waals surface area contributed by atoms with E-state index in [1.54, 1.807) is 13.8 Å². The van der Waals surface area contributed by atoms with Crippen molar-refractivity contribution in [1.29, 1.82) is 0 Å². The molecule has 2 heterocycles. The molecule has 13 atom stereocenters. The summed E-state index contributed by atoms with van der Waals surface area (Å²) in [7, 11) is 0. The summed E-state index contributed by atoms with van der Waals surface area (Å²) in [5, 5.41) is 32.8. The van der Waals surface area contributed by atoms with E-state index in [1.165, 1.54) is 18.4 Å². The first-order chi connectivity index (χ1) is 19.2. The Kier molecular flexibility index (Phi) is 6.25. The summed E-state index contributed by atoms with van der Waals surface area (Å²) in [5.74, 6) is 1.38. The largest absolute Gasteiger partial charge is 0.443 e. The van der Waals surface area contributed by atoms with Gasteiger partial charge in [-0.2, -0.15) is 0 Å². The zero-order valence-corrected chi connectivity index (χ0v) is 26.1. The van der Waals surface area contributed by atoms with Crippen LogP contribution in [0.15, 0.2) is 11.6 Å². The number of hydrogen-bond donors (Lipinski definition) is 3. The van der Waals surface area contributed by atoms with Gasteiger partial charge >= 0.3 is 6.09 Å². The summed E-state index contributed by atoms with van der Waals surface area (Å²) in [6, 6.07) is 0. The van der Waals surface area contributed by atoms with Gasteiger partial charge < -0.3 is 29.7 Å². The Balaban J connectivity index is 1.30. The molecular formula is C34H53NO6. The van der Waals surface area contributed by atoms with Crippen LogP contribution in [-0.4, -0.2) is 75.5 Å². The predicted octanol–water partition coefficient (Wildman–Crippen LogP) is 5.06. The van der Waals surface area contributed by atoms with Gasteiger partial charge in [0.15, 0.2) is 0 Å². The van der Waals surface area contributed by atoms with Crippen molar-refractivity contribution in [3.05, 3.63) is 11.6 Å². The molecular weight excluding hydrogens is 518 g/mol. The normalized spacial score (nSPS) is 53.7. The molecule has 5 aliphatic carbocycles. The molecule has 7 fully saturated rings. The van der Waals surface area contributed by atoms with Crippen LogP contribution in [0.4, 0.5) is 4.79 Å². The molecule has 3 N–H and O–H groups in total. The zero-order chi connectivity index (χ0) is 29.3. The quantitative estimate of drug-likeness (QED) is 0.410. The van der Waals surface area contributed by atoms with Crippen LogP contribution < -0.4 is 0 Å². The number of aliphatic hydroxyl groups is 3. The second-order valence-electron chi connectivity index (χ2n) is 16.3. The lowest BCUT2D eigenvalue weighted by atomic mass is 9.42. The highest BCUT2D eigenvalue weighted by Gasteiger charge is 2.84. The van der Waals surface area contributed by atoms with Gasteiger partial charge in [-0.15, -0.1) is 0 Å². The van der Waals surface area contributed by atoms with Crippen molar-refractivity contribution in [2.75, 3.05) is 13.1 Å². The van der Waals surface area contributed by atoms with Crippen molar-refractivity contribution < 1.29 is 29.6 Å². The van der Waals surface area contributed by atoms with E-state index in [2.05, 4.69) is 33.8 Å². The summed E-state index contributed by atoms with van der Waals surface area (Å²) in [6.07, 6.45) is 8.82. The Bertz CT molecular complexity index is 1130. The SMILES string of the molecule is C/C=C1\C(O)CCC23CC24CCC2(C)C5C(OC(C(O)C(C)(C)O)C[C@H]5C)[C@H](OC(=O)N5CCC5)[C@@]2(C)C4CC[C@@H]13. The van der Waals surface area contributed by atoms with Crippen molar-refractivity contribution in [2.24, 2.45) is 45.3 Å². The number of aliphatic hydroxyl groups excluding tert-OH is 2. The van der Waals surface area contributed by atoms with Gasteiger partial charge in [0.2, 0.25) is 0 Å². The minimum Gasteiger partial charge on any atom is -0.443 e. The molecule has 0 aromatic heterocycles. The Hall–Kier alpha value is -1.15. The standard InChI is InChI=1S/C34H53NO6/c1-7-20-21-9-10-24-32(6)28(41-29(38)35-15-8-16-35)26-25(19(2)17-23(40-26)27(37)30(3,4)39)31(32,5)13-14-34(24)18-33(21,34)12-11-22(20)36/h7,19,21-28,36-37,39H,8-18H2,1-6H3/b20-7-/t19-,21+,22?,23?,24?,25?,26?,27?,28+,31?,32-,33?,34?/m1/s1. The number of ether oxygens (including phenoxy) is 2. The fourth-order valence-corrected chi connectivity index (χ4v) is 12.4. The van der Waals surface area contributed by atoms with E-state index in [0.717, 1.165) is 51.6 Å². The Morgan fingerprint density at radius 1 is 1.15 bits per heavy atom. The second kappa shape index (κ2) is 8.95. The maximum absolute atomic E-state index is 13.6. The molecule has 9 unspecified atom stereocenters. The number of carbonyl (C=O) groups is 1. The van der Waals surface area contributed by atoms with Gasteiger partial charge in [0.05, 0.1) is 23.9 Å². The van der Waals surface area contributed by atoms with Crippen molar-refractivity contribution in [3.63, 3.8) is 0 Å². The van der Waals surface area contributed by atoms with Crippen LogP contribution in [0.25, 0.3) is 0 Å². The van der Waals surface area contributed by atoms with E-state index < -0.39 is 23.9 Å². The van der Waals surface area contributed by atoms with Crippen LogP contribution in [-0.2, 0) is 9.47 Å². The lowest BCUT2D eigenvalue weighted by molar-refractivity contribution is -0.203. The number of likely N-dealkylation sites (tertiary alicyclic amines) is 1. The van der Waals surface area contributed by atoms with Gasteiger partial charge in [-0.1, -0.05) is 26.8 Å². The summed E-state index contributed by atoms with van der Waals surface area (Å²) >= 11 is 0. The molecule has 0 radical (unpaired) electrons. The van der Waals surface area contributed by atoms with Gasteiger partial charge in [-0.3, -0.25) is 0 Å². The highest BCUT2D eigenvalue weighted by atomic mass is 16.6. The molecule has 0 bridgehead atoms. The zero-order valence-electron chi connectivity index (χ0n) is 26.1. The van der Waals surface area contributed by atoms with E-state index in [-0.39, 0.29) is 51.8 Å². The molecule has 5 saturated carbocycles. The van der Waals surface area contributed by atoms with Gasteiger partial charge in [-0.25, -0.2) is 4.79 Å². The van der Waals surface area contributed by atoms with Crippen LogP contribution in [0, 0.1) is 45.3 Å². The van der Waals surface area contributed by atoms with E-state index in [4.69, 9.17) is 9.47 Å². The highest BCUT2D eigenvalue weighted by Crippen LogP contribution is 2.88. The minimum absolute atomic E-state index is 0.0637. The fraction of sp³-hybridized carbons (Fsp3) is 0.912. The average Bonchev–Trinajstić information content (AvgIpc) is 3.50. The van der Waals surface area contributed by atoms with Gasteiger partial charge in [0.25, 0.3) is 0 Å². The number of carbonyl (C=O) groups excluding carboxylic acids is 1. The number of allylic oxidation sites excluding steroid dienone is 1. The third-order valence-corrected chi connectivity index (χ3v) is 14.6. The van der Waals surface area contributed by atoms with Crippen molar-refractivity contribution in [1.82, 2.24) is 4.90 Å². The van der Waals surface area contributed by atoms with Gasteiger partial charge in [0, 0.05) is 18.5 Å². The number of nitrogens with zero attached hydrogens (tertiary/aromatic N) is 1. The molecule has 41 heavy (non-hydrogen) atoms. The van der Waals surface area contributed by atoms with Crippen molar-refractivity contribution in [3.8, 4) is 0 Å². The number of rotatable bonds is 3. The third-order valence-electron chi connectivity index (χ3n) is 14.6. The summed E-state index contributed by atoms with van der Waals surface area (Å²) in [5.41, 5.74) is 0.150. The molecule has 0 aromatic carbocycles. The van der Waals surface area contributed by atoms with E-state index in [1.807, 2.05) is 4.90 Å². The molecule has 1 amide bonds. The summed E-state index contributed by atoms with van der Waals surface area (Å²) in [6.45, 7) is 14.1. The smallest absolute Gasteiger partial charge is 0.410 e. The first-order valence-electron chi connectivity index (χ1n) is 16.6. The van der Waals surface area contributed by atoms with Crippen LogP contribution >= 0.6 is 0 Å². The predicted molar refractivity (Wildman–Crippen MR) is 155 cm³/mol. The van der Waals surface area contributed by atoms with E-state index >= 15 is 0 Å². The molecule has 2 aliphatic heterocycles. The number of hydrogen-bond acceptors (Lipinski definition) is 6. The molecule has 7 aliphatic rings. The summed E-state index contributed by atoms with van der Waals surface area (Å²) in [4.78, 5) is 15.4. The van der Waals surface area contributed by atoms with Gasteiger partial charge in [0.1, 0.15) is 12.2 Å². The van der Waals surface area contributed by atoms with Gasteiger partial charge in [-0.05, 0) is 124 Å². The van der Waals surface area contributed by atoms with Crippen molar-refractivity contribution >= 4 is 6.09 Å². The topological polar surface area (TPSA) is 99.5 Å². The number of amides is 1. The lowest BCUT2D eigenvalue weighted by Gasteiger charge is -2.62.